The highest BCUT2D eigenvalue weighted by atomic mass is 32.1. The van der Waals surface area contributed by atoms with Crippen molar-refractivity contribution >= 4 is 11.3 Å². The molecule has 2 nitrogen and oxygen atoms in total. The number of aryl methyl sites for hydroxylation is 1. The van der Waals surface area contributed by atoms with Crippen molar-refractivity contribution in [1.82, 2.24) is 10.3 Å². The van der Waals surface area contributed by atoms with Gasteiger partial charge in [-0.25, -0.2) is 4.98 Å². The topological polar surface area (TPSA) is 24.9 Å². The average Bonchev–Trinajstić information content (AvgIpc) is 2.81. The molecular weight excluding hydrogens is 240 g/mol. The van der Waals surface area contributed by atoms with Crippen LogP contribution in [0.15, 0.2) is 36.5 Å². The van der Waals surface area contributed by atoms with Crippen LogP contribution >= 0.6 is 11.3 Å². The van der Waals surface area contributed by atoms with Gasteiger partial charge in [-0.1, -0.05) is 37.3 Å². The second kappa shape index (κ2) is 6.66. The lowest BCUT2D eigenvalue weighted by molar-refractivity contribution is 0.614. The van der Waals surface area contributed by atoms with E-state index in [1.54, 1.807) is 11.3 Å². The van der Waals surface area contributed by atoms with Crippen molar-refractivity contribution < 1.29 is 0 Å². The predicted octanol–water partition coefficient (Wildman–Crippen LogP) is 3.39. The molecule has 1 aromatic carbocycles. The van der Waals surface area contributed by atoms with E-state index in [0.717, 1.165) is 19.5 Å². The van der Waals surface area contributed by atoms with Crippen LogP contribution in [0, 0.1) is 6.92 Å². The predicted molar refractivity (Wildman–Crippen MR) is 78.3 cm³/mol. The Balaban J connectivity index is 1.69. The molecule has 0 spiro atoms. The Bertz CT molecular complexity index is 464. The molecule has 0 radical (unpaired) electrons. The molecule has 3 heteroatoms. The second-order valence-electron chi connectivity index (χ2n) is 4.63. The largest absolute Gasteiger partial charge is 0.316 e. The first-order valence-corrected chi connectivity index (χ1v) is 7.24. The summed E-state index contributed by atoms with van der Waals surface area (Å²) in [6.45, 7) is 6.39. The number of thiazole rings is 1. The molecule has 0 amide bonds. The lowest BCUT2D eigenvalue weighted by atomic mass is 10.0. The highest BCUT2D eigenvalue weighted by Crippen LogP contribution is 2.13. The first kappa shape index (κ1) is 13.2. The molecule has 2 rings (SSSR count). The van der Waals surface area contributed by atoms with Crippen LogP contribution < -0.4 is 5.32 Å². The summed E-state index contributed by atoms with van der Waals surface area (Å²) in [6.07, 6.45) is 2.98. The molecule has 1 aromatic heterocycles. The van der Waals surface area contributed by atoms with E-state index < -0.39 is 0 Å². The van der Waals surface area contributed by atoms with Crippen LogP contribution in [-0.2, 0) is 6.42 Å². The van der Waals surface area contributed by atoms with Gasteiger partial charge < -0.3 is 5.32 Å². The van der Waals surface area contributed by atoms with Crippen LogP contribution in [0.25, 0.3) is 0 Å². The van der Waals surface area contributed by atoms with Crippen LogP contribution in [0.2, 0.25) is 0 Å². The zero-order valence-electron chi connectivity index (χ0n) is 11.0. The summed E-state index contributed by atoms with van der Waals surface area (Å²) in [5.41, 5.74) is 1.40. The van der Waals surface area contributed by atoms with Crippen LogP contribution in [0.4, 0.5) is 0 Å². The Morgan fingerprint density at radius 1 is 1.28 bits per heavy atom. The third kappa shape index (κ3) is 3.93. The summed E-state index contributed by atoms with van der Waals surface area (Å²) in [5.74, 6) is 0.559. The first-order chi connectivity index (χ1) is 8.75. The van der Waals surface area contributed by atoms with E-state index in [-0.39, 0.29) is 0 Å². The van der Waals surface area contributed by atoms with Gasteiger partial charge in [0.2, 0.25) is 0 Å². The lowest BCUT2D eigenvalue weighted by Crippen LogP contribution is -2.22. The number of benzene rings is 1. The van der Waals surface area contributed by atoms with Crippen molar-refractivity contribution in [3.05, 3.63) is 52.0 Å². The van der Waals surface area contributed by atoms with E-state index in [1.165, 1.54) is 15.4 Å². The molecule has 18 heavy (non-hydrogen) atoms. The van der Waals surface area contributed by atoms with Gasteiger partial charge in [-0.05, 0) is 18.4 Å². The van der Waals surface area contributed by atoms with E-state index in [0.29, 0.717) is 5.92 Å². The molecule has 1 N–H and O–H groups in total. The van der Waals surface area contributed by atoms with E-state index in [2.05, 4.69) is 54.5 Å². The van der Waals surface area contributed by atoms with Crippen molar-refractivity contribution in [2.75, 3.05) is 13.1 Å². The van der Waals surface area contributed by atoms with E-state index in [1.807, 2.05) is 6.20 Å². The van der Waals surface area contributed by atoms with Crippen molar-refractivity contribution in [3.63, 3.8) is 0 Å². The molecule has 0 unspecified atom stereocenters. The molecule has 0 aliphatic carbocycles. The fourth-order valence-electron chi connectivity index (χ4n) is 1.93. The average molecular weight is 260 g/mol. The number of nitrogens with zero attached hydrogens (tertiary/aromatic N) is 1. The van der Waals surface area contributed by atoms with E-state index in [9.17, 15) is 0 Å². The van der Waals surface area contributed by atoms with Crippen molar-refractivity contribution in [1.29, 1.82) is 0 Å². The minimum absolute atomic E-state index is 0.559. The maximum absolute atomic E-state index is 4.37. The summed E-state index contributed by atoms with van der Waals surface area (Å²) in [6, 6.07) is 10.6. The molecule has 0 aliphatic heterocycles. The van der Waals surface area contributed by atoms with Crippen LogP contribution in [0.1, 0.15) is 28.3 Å². The van der Waals surface area contributed by atoms with Gasteiger partial charge in [0.05, 0.1) is 5.01 Å². The Morgan fingerprint density at radius 2 is 2.06 bits per heavy atom. The Morgan fingerprint density at radius 3 is 2.72 bits per heavy atom. The van der Waals surface area contributed by atoms with Gasteiger partial charge in [-0.3, -0.25) is 0 Å². The third-order valence-corrected chi connectivity index (χ3v) is 3.98. The highest BCUT2D eigenvalue weighted by molar-refractivity contribution is 7.11. The summed E-state index contributed by atoms with van der Waals surface area (Å²) in [5, 5.41) is 4.74. The van der Waals surface area contributed by atoms with Gasteiger partial charge in [-0.2, -0.15) is 0 Å². The molecule has 2 aromatic rings. The molecule has 0 fully saturated rings. The first-order valence-electron chi connectivity index (χ1n) is 6.42. The Labute approximate surface area is 113 Å². The number of aromatic nitrogens is 1. The third-order valence-electron chi connectivity index (χ3n) is 3.00. The Kier molecular flexibility index (Phi) is 4.90. The molecule has 1 atom stereocenters. The van der Waals surface area contributed by atoms with Crippen LogP contribution in [0.3, 0.4) is 0 Å². The number of nitrogens with one attached hydrogen (secondary N) is 1. The molecule has 0 saturated heterocycles. The normalized spacial score (nSPS) is 12.6. The van der Waals surface area contributed by atoms with Crippen molar-refractivity contribution in [2.45, 2.75) is 26.2 Å². The van der Waals surface area contributed by atoms with Gasteiger partial charge in [0, 0.05) is 30.6 Å². The summed E-state index contributed by atoms with van der Waals surface area (Å²) in [4.78, 5) is 5.66. The summed E-state index contributed by atoms with van der Waals surface area (Å²) < 4.78 is 0. The fourth-order valence-corrected chi connectivity index (χ4v) is 2.72. The fraction of sp³-hybridized carbons (Fsp3) is 0.400. The maximum atomic E-state index is 4.37. The maximum Gasteiger partial charge on any atom is 0.0940 e. The minimum atomic E-state index is 0.559. The van der Waals surface area contributed by atoms with Gasteiger partial charge in [-0.15, -0.1) is 11.3 Å². The van der Waals surface area contributed by atoms with Crippen molar-refractivity contribution in [2.24, 2.45) is 0 Å². The van der Waals surface area contributed by atoms with Gasteiger partial charge >= 0.3 is 0 Å². The zero-order chi connectivity index (χ0) is 12.8. The number of hydrogen-bond acceptors (Lipinski definition) is 3. The Hall–Kier alpha value is -1.19. The van der Waals surface area contributed by atoms with Gasteiger partial charge in [0.1, 0.15) is 0 Å². The quantitative estimate of drug-likeness (QED) is 0.805. The molecule has 0 aliphatic rings. The van der Waals surface area contributed by atoms with E-state index in [4.69, 9.17) is 0 Å². The van der Waals surface area contributed by atoms with Crippen molar-refractivity contribution in [3.8, 4) is 0 Å². The minimum Gasteiger partial charge on any atom is -0.316 e. The zero-order valence-corrected chi connectivity index (χ0v) is 11.8. The second-order valence-corrected chi connectivity index (χ2v) is 5.95. The number of hydrogen-bond donors (Lipinski definition) is 1. The summed E-state index contributed by atoms with van der Waals surface area (Å²) >= 11 is 1.79. The monoisotopic (exact) mass is 260 g/mol. The van der Waals surface area contributed by atoms with Crippen LogP contribution in [0.5, 0.6) is 0 Å². The lowest BCUT2D eigenvalue weighted by Gasteiger charge is -2.12. The number of rotatable bonds is 6. The van der Waals surface area contributed by atoms with E-state index >= 15 is 0 Å². The standard InChI is InChI=1S/C15H20N2S/c1-12(14-6-4-3-5-7-14)10-16-9-8-15-17-11-13(2)18-15/h3-7,11-12,16H,8-10H2,1-2H3/t12-/m0/s1. The highest BCUT2D eigenvalue weighted by Gasteiger charge is 2.04. The molecular formula is C15H20N2S. The molecule has 0 bridgehead atoms. The smallest absolute Gasteiger partial charge is 0.0940 e. The van der Waals surface area contributed by atoms with Gasteiger partial charge in [0.15, 0.2) is 0 Å². The molecule has 96 valence electrons. The van der Waals surface area contributed by atoms with Crippen LogP contribution in [-0.4, -0.2) is 18.1 Å². The summed E-state index contributed by atoms with van der Waals surface area (Å²) in [7, 11) is 0. The SMILES string of the molecule is Cc1cnc(CCNC[C@H](C)c2ccccc2)s1. The van der Waals surface area contributed by atoms with Gasteiger partial charge in [0.25, 0.3) is 0 Å². The molecule has 1 heterocycles. The molecule has 0 saturated carbocycles.